The summed E-state index contributed by atoms with van der Waals surface area (Å²) in [4.78, 5) is 17.3. The highest BCUT2D eigenvalue weighted by atomic mass is 79.9. The molecule has 2 rings (SSSR count). The Morgan fingerprint density at radius 3 is 2.40 bits per heavy atom. The van der Waals surface area contributed by atoms with Gasteiger partial charge in [0, 0.05) is 30.6 Å². The molecule has 2 aromatic rings. The van der Waals surface area contributed by atoms with Gasteiger partial charge in [0.25, 0.3) is 5.56 Å². The van der Waals surface area contributed by atoms with Crippen LogP contribution in [0.5, 0.6) is 0 Å². The first-order chi connectivity index (χ1) is 11.9. The van der Waals surface area contributed by atoms with Crippen molar-refractivity contribution in [3.05, 3.63) is 50.0 Å². The van der Waals surface area contributed by atoms with E-state index in [9.17, 15) is 4.79 Å². The quantitative estimate of drug-likeness (QED) is 0.757. The standard InChI is InChI=1S/C18H24BrN3O3/c1-11-7-16(12(2)6-15(11)19)21-17-18(23)22(8-13(3)20-17)14(9-24-4)10-25-5/h6-8,14H,9-10H2,1-5H3,(H,20,21). The number of benzene rings is 1. The topological polar surface area (TPSA) is 65.4 Å². The summed E-state index contributed by atoms with van der Waals surface area (Å²) in [6.45, 7) is 6.61. The fraction of sp³-hybridized carbons (Fsp3) is 0.444. The predicted octanol–water partition coefficient (Wildman–Crippen LogP) is 3.51. The average Bonchev–Trinajstić information content (AvgIpc) is 2.55. The smallest absolute Gasteiger partial charge is 0.294 e. The number of anilines is 2. The van der Waals surface area contributed by atoms with Crippen molar-refractivity contribution in [2.24, 2.45) is 0 Å². The predicted molar refractivity (Wildman–Crippen MR) is 103 cm³/mol. The maximum atomic E-state index is 12.9. The van der Waals surface area contributed by atoms with E-state index in [1.165, 1.54) is 0 Å². The van der Waals surface area contributed by atoms with Crippen molar-refractivity contribution in [3.63, 3.8) is 0 Å². The second-order valence-electron chi connectivity index (χ2n) is 6.05. The summed E-state index contributed by atoms with van der Waals surface area (Å²) in [5.41, 5.74) is 3.50. The van der Waals surface area contributed by atoms with Gasteiger partial charge in [0.2, 0.25) is 0 Å². The number of nitrogens with one attached hydrogen (secondary N) is 1. The van der Waals surface area contributed by atoms with Crippen LogP contribution in [0.1, 0.15) is 22.9 Å². The van der Waals surface area contributed by atoms with Crippen LogP contribution < -0.4 is 10.9 Å². The van der Waals surface area contributed by atoms with Gasteiger partial charge in [0.1, 0.15) is 0 Å². The molecule has 0 spiro atoms. The van der Waals surface area contributed by atoms with E-state index in [0.29, 0.717) is 19.0 Å². The van der Waals surface area contributed by atoms with Crippen LogP contribution in [0.25, 0.3) is 0 Å². The fourth-order valence-corrected chi connectivity index (χ4v) is 3.08. The summed E-state index contributed by atoms with van der Waals surface area (Å²) in [5, 5.41) is 3.18. The third-order valence-corrected chi connectivity index (χ3v) is 4.78. The summed E-state index contributed by atoms with van der Waals surface area (Å²) < 4.78 is 13.1. The minimum atomic E-state index is -0.211. The molecule has 1 N–H and O–H groups in total. The molecule has 0 saturated heterocycles. The first kappa shape index (κ1) is 19.6. The fourth-order valence-electron chi connectivity index (χ4n) is 2.62. The Bertz CT molecular complexity index is 799. The lowest BCUT2D eigenvalue weighted by Crippen LogP contribution is -2.32. The molecule has 0 aliphatic heterocycles. The lowest BCUT2D eigenvalue weighted by molar-refractivity contribution is 0.0878. The van der Waals surface area contributed by atoms with Crippen molar-refractivity contribution in [2.75, 3.05) is 32.8 Å². The molecule has 7 heteroatoms. The van der Waals surface area contributed by atoms with Crippen LogP contribution in [0.3, 0.4) is 0 Å². The molecule has 25 heavy (non-hydrogen) atoms. The zero-order valence-electron chi connectivity index (χ0n) is 15.2. The summed E-state index contributed by atoms with van der Waals surface area (Å²) >= 11 is 3.52. The maximum Gasteiger partial charge on any atom is 0.294 e. The molecule has 1 aromatic heterocycles. The highest BCUT2D eigenvalue weighted by Crippen LogP contribution is 2.26. The van der Waals surface area contributed by atoms with Gasteiger partial charge < -0.3 is 19.4 Å². The Balaban J connectivity index is 2.46. The molecular formula is C18H24BrN3O3. The molecule has 6 nitrogen and oxygen atoms in total. The molecule has 0 unspecified atom stereocenters. The van der Waals surface area contributed by atoms with Gasteiger partial charge in [-0.15, -0.1) is 0 Å². The molecule has 0 bridgehead atoms. The molecule has 0 aliphatic rings. The molecule has 0 saturated carbocycles. The van der Waals surface area contributed by atoms with Crippen LogP contribution in [-0.2, 0) is 9.47 Å². The van der Waals surface area contributed by atoms with E-state index in [-0.39, 0.29) is 11.6 Å². The van der Waals surface area contributed by atoms with Crippen LogP contribution in [0, 0.1) is 20.8 Å². The van der Waals surface area contributed by atoms with Crippen molar-refractivity contribution in [3.8, 4) is 0 Å². The normalized spacial score (nSPS) is 11.2. The lowest BCUT2D eigenvalue weighted by Gasteiger charge is -2.20. The van der Waals surface area contributed by atoms with Gasteiger partial charge in [0.05, 0.1) is 24.9 Å². The third kappa shape index (κ3) is 4.68. The van der Waals surface area contributed by atoms with Gasteiger partial charge in [0.15, 0.2) is 5.82 Å². The Morgan fingerprint density at radius 2 is 1.80 bits per heavy atom. The van der Waals surface area contributed by atoms with Crippen molar-refractivity contribution in [1.29, 1.82) is 0 Å². The number of hydrogen-bond acceptors (Lipinski definition) is 5. The number of methoxy groups -OCH3 is 2. The van der Waals surface area contributed by atoms with Crippen LogP contribution in [0.4, 0.5) is 11.5 Å². The molecule has 1 heterocycles. The average molecular weight is 410 g/mol. The van der Waals surface area contributed by atoms with E-state index >= 15 is 0 Å². The van der Waals surface area contributed by atoms with Crippen molar-refractivity contribution < 1.29 is 9.47 Å². The van der Waals surface area contributed by atoms with E-state index < -0.39 is 0 Å². The summed E-state index contributed by atoms with van der Waals surface area (Å²) in [5.74, 6) is 0.294. The molecule has 136 valence electrons. The molecule has 1 aromatic carbocycles. The van der Waals surface area contributed by atoms with E-state index in [1.807, 2.05) is 32.9 Å². The Hall–Kier alpha value is -1.70. The SMILES string of the molecule is COCC(COC)n1cc(C)nc(Nc2cc(C)c(Br)cc2C)c1=O. The molecule has 0 aliphatic carbocycles. The number of halogens is 1. The number of rotatable bonds is 7. The van der Waals surface area contributed by atoms with E-state index in [1.54, 1.807) is 25.0 Å². The Morgan fingerprint density at radius 1 is 1.16 bits per heavy atom. The number of hydrogen-bond donors (Lipinski definition) is 1. The van der Waals surface area contributed by atoms with Crippen LogP contribution in [0.15, 0.2) is 27.6 Å². The third-order valence-electron chi connectivity index (χ3n) is 3.92. The van der Waals surface area contributed by atoms with Gasteiger partial charge in [-0.25, -0.2) is 4.98 Å². The summed E-state index contributed by atoms with van der Waals surface area (Å²) in [6.07, 6.45) is 1.73. The van der Waals surface area contributed by atoms with Gasteiger partial charge in [-0.3, -0.25) is 4.79 Å². The first-order valence-electron chi connectivity index (χ1n) is 7.98. The summed E-state index contributed by atoms with van der Waals surface area (Å²) in [7, 11) is 3.21. The molecule has 0 atom stereocenters. The second kappa shape index (κ2) is 8.60. The Labute approximate surface area is 156 Å². The molecular weight excluding hydrogens is 386 g/mol. The largest absolute Gasteiger partial charge is 0.382 e. The van der Waals surface area contributed by atoms with Crippen LogP contribution >= 0.6 is 15.9 Å². The van der Waals surface area contributed by atoms with E-state index in [2.05, 4.69) is 26.2 Å². The monoisotopic (exact) mass is 409 g/mol. The van der Waals surface area contributed by atoms with Crippen LogP contribution in [0.2, 0.25) is 0 Å². The minimum absolute atomic E-state index is 0.204. The Kier molecular flexibility index (Phi) is 6.75. The minimum Gasteiger partial charge on any atom is -0.382 e. The highest BCUT2D eigenvalue weighted by Gasteiger charge is 2.17. The number of nitrogens with zero attached hydrogens (tertiary/aromatic N) is 2. The number of aryl methyl sites for hydroxylation is 3. The van der Waals surface area contributed by atoms with Crippen molar-refractivity contribution >= 4 is 27.4 Å². The number of ether oxygens (including phenoxy) is 2. The highest BCUT2D eigenvalue weighted by molar-refractivity contribution is 9.10. The molecule has 0 fully saturated rings. The maximum absolute atomic E-state index is 12.9. The van der Waals surface area contributed by atoms with Gasteiger partial charge in [-0.2, -0.15) is 0 Å². The van der Waals surface area contributed by atoms with Gasteiger partial charge in [-0.1, -0.05) is 15.9 Å². The van der Waals surface area contributed by atoms with Crippen molar-refractivity contribution in [2.45, 2.75) is 26.8 Å². The lowest BCUT2D eigenvalue weighted by atomic mass is 10.1. The molecule has 0 radical (unpaired) electrons. The van der Waals surface area contributed by atoms with E-state index in [4.69, 9.17) is 9.47 Å². The van der Waals surface area contributed by atoms with Gasteiger partial charge in [-0.05, 0) is 44.0 Å². The zero-order valence-corrected chi connectivity index (χ0v) is 16.8. The second-order valence-corrected chi connectivity index (χ2v) is 6.90. The zero-order chi connectivity index (χ0) is 18.6. The summed E-state index contributed by atoms with van der Waals surface area (Å²) in [6, 6.07) is 3.80. The van der Waals surface area contributed by atoms with Crippen LogP contribution in [-0.4, -0.2) is 37.0 Å². The van der Waals surface area contributed by atoms with Crippen molar-refractivity contribution in [1.82, 2.24) is 9.55 Å². The first-order valence-corrected chi connectivity index (χ1v) is 8.78. The number of aromatic nitrogens is 2. The van der Waals surface area contributed by atoms with Gasteiger partial charge >= 0.3 is 0 Å². The molecule has 0 amide bonds. The van der Waals surface area contributed by atoms with E-state index in [0.717, 1.165) is 27.0 Å².